The molecular formula is C50H81NO11P+. The van der Waals surface area contributed by atoms with Gasteiger partial charge in [0.15, 0.2) is 6.10 Å². The fourth-order valence-electron chi connectivity index (χ4n) is 6.31. The van der Waals surface area contributed by atoms with E-state index in [2.05, 4.69) is 74.6 Å². The fourth-order valence-corrected chi connectivity index (χ4v) is 7.05. The monoisotopic (exact) mass is 903 g/mol. The first-order valence-electron chi connectivity index (χ1n) is 23.1. The van der Waals surface area contributed by atoms with Crippen molar-refractivity contribution < 1.29 is 57.1 Å². The number of nitrogens with zero attached hydrogens (tertiary/aromatic N) is 1. The number of unbranched alkanes of at least 4 members (excludes halogenated alkanes) is 3. The Hall–Kier alpha value is -3.48. The number of aliphatic hydroxyl groups excluding tert-OH is 2. The van der Waals surface area contributed by atoms with E-state index in [0.29, 0.717) is 43.1 Å². The zero-order valence-corrected chi connectivity index (χ0v) is 39.9. The first-order valence-corrected chi connectivity index (χ1v) is 24.6. The van der Waals surface area contributed by atoms with E-state index in [1.807, 2.05) is 45.4 Å². The third kappa shape index (κ3) is 32.8. The fraction of sp³-hybridized carbons (Fsp3) is 0.620. The molecule has 0 amide bonds. The summed E-state index contributed by atoms with van der Waals surface area (Å²) in [5.41, 5.74) is 0. The number of likely N-dealkylation sites (N-methyl/N-ethyl adjacent to an activating group) is 1. The van der Waals surface area contributed by atoms with Gasteiger partial charge in [-0.25, -0.2) is 4.57 Å². The Kier molecular flexibility index (Phi) is 32.7. The number of hydrogen-bond donors (Lipinski definition) is 3. The molecule has 356 valence electrons. The number of phosphoric acid groups is 1. The quantitative estimate of drug-likeness (QED) is 0.0180. The van der Waals surface area contributed by atoms with E-state index in [4.69, 9.17) is 18.5 Å². The summed E-state index contributed by atoms with van der Waals surface area (Å²) >= 11 is 0. The highest BCUT2D eigenvalue weighted by Gasteiger charge is 2.39. The van der Waals surface area contributed by atoms with Crippen LogP contribution < -0.4 is 0 Å². The van der Waals surface area contributed by atoms with Crippen LogP contribution in [0.4, 0.5) is 0 Å². The van der Waals surface area contributed by atoms with Crippen molar-refractivity contribution in [3.05, 3.63) is 97.2 Å². The van der Waals surface area contributed by atoms with E-state index in [1.54, 1.807) is 12.2 Å². The van der Waals surface area contributed by atoms with E-state index < -0.39 is 50.6 Å². The van der Waals surface area contributed by atoms with Crippen LogP contribution in [0, 0.1) is 11.8 Å². The summed E-state index contributed by atoms with van der Waals surface area (Å²) in [5, 5.41) is 20.8. The van der Waals surface area contributed by atoms with Gasteiger partial charge in [0.25, 0.3) is 0 Å². The molecular weight excluding hydrogens is 822 g/mol. The summed E-state index contributed by atoms with van der Waals surface area (Å²) in [6.45, 7) is 3.77. The van der Waals surface area contributed by atoms with Crippen LogP contribution in [0.2, 0.25) is 0 Å². The molecule has 0 aromatic heterocycles. The minimum absolute atomic E-state index is 0.0279. The van der Waals surface area contributed by atoms with E-state index in [9.17, 15) is 34.1 Å². The van der Waals surface area contributed by atoms with Gasteiger partial charge in [-0.3, -0.25) is 23.4 Å². The zero-order valence-electron chi connectivity index (χ0n) is 39.0. The predicted octanol–water partition coefficient (Wildman–Crippen LogP) is 9.94. The van der Waals surface area contributed by atoms with E-state index in [-0.39, 0.29) is 44.2 Å². The second-order valence-electron chi connectivity index (χ2n) is 16.8. The lowest BCUT2D eigenvalue weighted by Gasteiger charge is -2.24. The molecule has 12 nitrogen and oxygen atoms in total. The minimum Gasteiger partial charge on any atom is -0.462 e. The Morgan fingerprint density at radius 3 is 1.94 bits per heavy atom. The molecule has 3 N–H and O–H groups in total. The van der Waals surface area contributed by atoms with Crippen molar-refractivity contribution in [1.29, 1.82) is 0 Å². The van der Waals surface area contributed by atoms with Crippen LogP contribution in [0.1, 0.15) is 123 Å². The van der Waals surface area contributed by atoms with E-state index >= 15 is 0 Å². The Morgan fingerprint density at radius 2 is 1.35 bits per heavy atom. The Morgan fingerprint density at radius 1 is 0.762 bits per heavy atom. The molecule has 0 bridgehead atoms. The summed E-state index contributed by atoms with van der Waals surface area (Å²) in [6, 6.07) is 0. The van der Waals surface area contributed by atoms with E-state index in [0.717, 1.165) is 57.8 Å². The van der Waals surface area contributed by atoms with Crippen LogP contribution in [0.5, 0.6) is 0 Å². The lowest BCUT2D eigenvalue weighted by molar-refractivity contribution is -0.870. The van der Waals surface area contributed by atoms with Gasteiger partial charge >= 0.3 is 19.8 Å². The number of ketones is 1. The van der Waals surface area contributed by atoms with Gasteiger partial charge < -0.3 is 29.1 Å². The summed E-state index contributed by atoms with van der Waals surface area (Å²) < 4.78 is 34.2. The minimum atomic E-state index is -4.48. The van der Waals surface area contributed by atoms with Gasteiger partial charge in [-0.2, -0.15) is 0 Å². The number of allylic oxidation sites excluding steroid dienone is 15. The lowest BCUT2D eigenvalue weighted by Crippen LogP contribution is -2.37. The highest BCUT2D eigenvalue weighted by molar-refractivity contribution is 7.47. The third-order valence-electron chi connectivity index (χ3n) is 9.99. The normalized spacial score (nSPS) is 19.7. The number of rotatable bonds is 36. The second-order valence-corrected chi connectivity index (χ2v) is 18.3. The van der Waals surface area contributed by atoms with Crippen LogP contribution in [-0.2, 0) is 37.5 Å². The van der Waals surface area contributed by atoms with E-state index in [1.165, 1.54) is 0 Å². The van der Waals surface area contributed by atoms with Crippen molar-refractivity contribution in [2.75, 3.05) is 47.5 Å². The summed E-state index contributed by atoms with van der Waals surface area (Å²) in [7, 11) is 1.26. The molecule has 0 radical (unpaired) electrons. The maximum atomic E-state index is 12.8. The van der Waals surface area contributed by atoms with Gasteiger partial charge in [0, 0.05) is 31.1 Å². The van der Waals surface area contributed by atoms with Gasteiger partial charge in [-0.15, -0.1) is 0 Å². The molecule has 0 aliphatic heterocycles. The van der Waals surface area contributed by atoms with Crippen molar-refractivity contribution in [2.24, 2.45) is 11.8 Å². The average molecular weight is 903 g/mol. The number of aliphatic hydroxyl groups is 2. The smallest absolute Gasteiger partial charge is 0.462 e. The molecule has 1 aliphatic rings. The highest BCUT2D eigenvalue weighted by Crippen LogP contribution is 2.43. The number of ether oxygens (including phenoxy) is 2. The number of hydrogen-bond acceptors (Lipinski definition) is 10. The zero-order chi connectivity index (χ0) is 46.6. The molecule has 1 rings (SSSR count). The SMILES string of the molecule is CC/C=C\C/C=C\C/C=C\C/C=C\C/C=C\C/C=C\CCC(=O)OC[C@H](COP(=O)(O)OCC[N+](C)(C)C)OC(=O)CCC/C=C\C[C@H]1[C@@H](O)CC(=O)[C@@H]1/C=C/[C@@H](O)CCCCC. The molecule has 0 heterocycles. The Balaban J connectivity index is 2.55. The van der Waals surface area contributed by atoms with Crippen LogP contribution in [0.3, 0.4) is 0 Å². The predicted molar refractivity (Wildman–Crippen MR) is 252 cm³/mol. The molecule has 1 aliphatic carbocycles. The molecule has 1 saturated carbocycles. The highest BCUT2D eigenvalue weighted by atomic mass is 31.2. The molecule has 0 aromatic rings. The van der Waals surface area contributed by atoms with Crippen molar-refractivity contribution in [2.45, 2.75) is 141 Å². The molecule has 1 fully saturated rings. The molecule has 63 heavy (non-hydrogen) atoms. The third-order valence-corrected chi connectivity index (χ3v) is 11.0. The van der Waals surface area contributed by atoms with Crippen molar-refractivity contribution >= 4 is 25.5 Å². The van der Waals surface area contributed by atoms with Gasteiger partial charge in [-0.05, 0) is 70.6 Å². The summed E-state index contributed by atoms with van der Waals surface area (Å²) in [4.78, 5) is 48.1. The molecule has 0 spiro atoms. The number of quaternary nitrogens is 1. The Bertz CT molecular complexity index is 1550. The van der Waals surface area contributed by atoms with Crippen LogP contribution in [-0.4, -0.2) is 103 Å². The molecule has 1 unspecified atom stereocenters. The van der Waals surface area contributed by atoms with Crippen LogP contribution in [0.25, 0.3) is 0 Å². The number of Topliss-reactive ketones (excluding diaryl/α,β-unsaturated/α-hetero) is 1. The Labute approximate surface area is 379 Å². The van der Waals surface area contributed by atoms with Crippen molar-refractivity contribution in [3.8, 4) is 0 Å². The number of carbonyl (C=O) groups is 3. The molecule has 6 atom stereocenters. The maximum absolute atomic E-state index is 12.8. The summed E-state index contributed by atoms with van der Waals surface area (Å²) in [5.74, 6) is -1.89. The van der Waals surface area contributed by atoms with Gasteiger partial charge in [0.1, 0.15) is 25.5 Å². The molecule has 0 aromatic carbocycles. The standard InChI is InChI=1S/C50H80NO11P/c1-6-8-10-11-12-13-14-15-16-17-18-19-20-21-22-23-24-25-30-34-49(55)59-41-44(42-61-63(57,58)60-39-38-51(3,4)5)62-50(56)35-31-27-26-29-33-45-46(48(54)40-47(45)53)37-36-43(52)32-28-9-7-2/h8,10,12-13,15-16,18-19,21-22,24-26,29,36-37,43-47,52-53H,6-7,9,11,14,17,20,23,27-28,30-35,38-42H2,1-5H3/p+1/b10-8-,13-12-,16-15-,19-18-,22-21-,25-24-,29-26-,37-36+/t43-,44+,45+,46+,47-/m0/s1. The first kappa shape index (κ1) is 57.5. The number of esters is 2. The van der Waals surface area contributed by atoms with Gasteiger partial charge in [0.05, 0.1) is 40.0 Å². The average Bonchev–Trinajstić information content (AvgIpc) is 3.50. The first-order chi connectivity index (χ1) is 30.2. The maximum Gasteiger partial charge on any atom is 0.472 e. The van der Waals surface area contributed by atoms with Crippen molar-refractivity contribution in [1.82, 2.24) is 0 Å². The van der Waals surface area contributed by atoms with Crippen LogP contribution in [0.15, 0.2) is 97.2 Å². The molecule has 0 saturated heterocycles. The number of phosphoric ester groups is 1. The number of carbonyl (C=O) groups excluding carboxylic acids is 3. The lowest BCUT2D eigenvalue weighted by atomic mass is 9.90. The van der Waals surface area contributed by atoms with Gasteiger partial charge in [0.2, 0.25) is 0 Å². The molecule has 13 heteroatoms. The van der Waals surface area contributed by atoms with Crippen molar-refractivity contribution in [3.63, 3.8) is 0 Å². The summed E-state index contributed by atoms with van der Waals surface area (Å²) in [6.07, 6.45) is 41.3. The largest absolute Gasteiger partial charge is 0.472 e. The van der Waals surface area contributed by atoms with Crippen LogP contribution >= 0.6 is 7.82 Å². The van der Waals surface area contributed by atoms with Gasteiger partial charge in [-0.1, -0.05) is 130 Å². The second kappa shape index (κ2) is 35.8. The topological polar surface area (TPSA) is 166 Å².